The van der Waals surface area contributed by atoms with Gasteiger partial charge in [-0.15, -0.1) is 0 Å². The molecular weight excluding hydrogens is 502 g/mol. The second-order valence-electron chi connectivity index (χ2n) is 8.78. The van der Waals surface area contributed by atoms with Crippen LogP contribution in [0.5, 0.6) is 5.88 Å². The maximum Gasteiger partial charge on any atom is 0.277 e. The predicted octanol–water partition coefficient (Wildman–Crippen LogP) is 0.840. The van der Waals surface area contributed by atoms with Crippen molar-refractivity contribution in [1.82, 2.24) is 24.2 Å². The number of fused-ring (bicyclic) bond motifs is 1. The highest BCUT2D eigenvalue weighted by Crippen LogP contribution is 2.29. The zero-order valence-electron chi connectivity index (χ0n) is 20.1. The number of likely N-dealkylation sites (N-methyl/N-ethyl adjacent to an activating group) is 1. The summed E-state index contributed by atoms with van der Waals surface area (Å²) in [5.74, 6) is 0.324. The molecule has 0 aliphatic carbocycles. The second kappa shape index (κ2) is 11.2. The highest BCUT2D eigenvalue weighted by molar-refractivity contribution is 7.86. The number of morpholine rings is 1. The first kappa shape index (κ1) is 26.5. The molecule has 194 valence electrons. The number of rotatable bonds is 6. The van der Waals surface area contributed by atoms with Gasteiger partial charge in [-0.1, -0.05) is 12.1 Å². The van der Waals surface area contributed by atoms with Crippen LogP contribution in [0.1, 0.15) is 0 Å². The van der Waals surface area contributed by atoms with E-state index in [9.17, 15) is 8.42 Å². The van der Waals surface area contributed by atoms with Crippen molar-refractivity contribution in [2.24, 2.45) is 5.14 Å². The van der Waals surface area contributed by atoms with Crippen LogP contribution in [0.25, 0.3) is 22.3 Å². The summed E-state index contributed by atoms with van der Waals surface area (Å²) in [6, 6.07) is 10.2. The van der Waals surface area contributed by atoms with Gasteiger partial charge in [0.25, 0.3) is 10.2 Å². The standard InChI is InChI=1S/C23H29N7O4S.H2S/c1-28-8-10-29(11-9-28)18-4-2-17(3-5-18)20-14-21-22(26-7-6-25-21)23(27-20)34-16-19-15-30(12-13-33-19)35(24,31)32;/h2-7,14,19H,8-13,15-16H2,1H3,(H2,24,31,32);1H2/t19-;/m0./s1. The third-order valence-corrected chi connectivity index (χ3v) is 7.37. The van der Waals surface area contributed by atoms with Crippen molar-refractivity contribution in [3.05, 3.63) is 42.7 Å². The molecule has 11 nitrogen and oxygen atoms in total. The summed E-state index contributed by atoms with van der Waals surface area (Å²) in [7, 11) is -1.64. The Kier molecular flexibility index (Phi) is 8.27. The van der Waals surface area contributed by atoms with E-state index in [4.69, 9.17) is 19.6 Å². The Morgan fingerprint density at radius 2 is 1.81 bits per heavy atom. The second-order valence-corrected chi connectivity index (χ2v) is 10.3. The fourth-order valence-electron chi connectivity index (χ4n) is 4.30. The molecule has 2 aliphatic heterocycles. The summed E-state index contributed by atoms with van der Waals surface area (Å²) in [6.45, 7) is 4.81. The van der Waals surface area contributed by atoms with Crippen molar-refractivity contribution >= 4 is 40.4 Å². The zero-order chi connectivity index (χ0) is 24.4. The molecule has 0 saturated carbocycles. The zero-order valence-corrected chi connectivity index (χ0v) is 21.9. The predicted molar refractivity (Wildman–Crippen MR) is 143 cm³/mol. The van der Waals surface area contributed by atoms with E-state index in [1.54, 1.807) is 12.4 Å². The Morgan fingerprint density at radius 3 is 2.53 bits per heavy atom. The molecule has 0 unspecified atom stereocenters. The average molecular weight is 534 g/mol. The number of anilines is 1. The van der Waals surface area contributed by atoms with Crippen LogP contribution in [0.4, 0.5) is 5.69 Å². The molecule has 1 aromatic carbocycles. The monoisotopic (exact) mass is 533 g/mol. The van der Waals surface area contributed by atoms with Gasteiger partial charge in [0.1, 0.15) is 12.7 Å². The molecular formula is C23H31N7O4S2. The van der Waals surface area contributed by atoms with Gasteiger partial charge >= 0.3 is 0 Å². The van der Waals surface area contributed by atoms with Gasteiger partial charge in [-0.2, -0.15) is 26.2 Å². The van der Waals surface area contributed by atoms with Crippen molar-refractivity contribution in [3.63, 3.8) is 0 Å². The van der Waals surface area contributed by atoms with Gasteiger partial charge in [0.2, 0.25) is 5.88 Å². The number of hydrogen-bond acceptors (Lipinski definition) is 9. The smallest absolute Gasteiger partial charge is 0.277 e. The van der Waals surface area contributed by atoms with Crippen LogP contribution < -0.4 is 14.8 Å². The average Bonchev–Trinajstić information content (AvgIpc) is 2.87. The summed E-state index contributed by atoms with van der Waals surface area (Å²) in [6.07, 6.45) is 2.74. The molecule has 2 fully saturated rings. The molecule has 0 bridgehead atoms. The third kappa shape index (κ3) is 6.05. The molecule has 5 rings (SSSR count). The van der Waals surface area contributed by atoms with Gasteiger partial charge in [0, 0.05) is 62.9 Å². The molecule has 1 atom stereocenters. The Bertz CT molecular complexity index is 1290. The van der Waals surface area contributed by atoms with E-state index < -0.39 is 16.3 Å². The molecule has 4 heterocycles. The Labute approximate surface area is 217 Å². The number of ether oxygens (including phenoxy) is 2. The Balaban J connectivity index is 0.00000304. The quantitative estimate of drug-likeness (QED) is 0.490. The lowest BCUT2D eigenvalue weighted by molar-refractivity contribution is -0.0254. The van der Waals surface area contributed by atoms with Crippen LogP contribution in [0.3, 0.4) is 0 Å². The maximum absolute atomic E-state index is 11.7. The van der Waals surface area contributed by atoms with Crippen molar-refractivity contribution in [2.75, 3.05) is 64.4 Å². The molecule has 13 heteroatoms. The van der Waals surface area contributed by atoms with E-state index in [1.165, 1.54) is 9.99 Å². The van der Waals surface area contributed by atoms with Crippen LogP contribution in [-0.4, -0.2) is 98.2 Å². The normalized spacial score (nSPS) is 19.7. The number of nitrogens with two attached hydrogens (primary N) is 1. The molecule has 2 N–H and O–H groups in total. The van der Waals surface area contributed by atoms with Crippen LogP contribution >= 0.6 is 13.5 Å². The Hall–Kier alpha value is -2.55. The molecule has 2 aromatic heterocycles. The number of piperazine rings is 1. The van der Waals surface area contributed by atoms with E-state index in [0.29, 0.717) is 22.6 Å². The summed E-state index contributed by atoms with van der Waals surface area (Å²) < 4.78 is 36.2. The first-order valence-electron chi connectivity index (χ1n) is 11.5. The molecule has 2 aliphatic rings. The minimum atomic E-state index is -3.78. The van der Waals surface area contributed by atoms with Crippen LogP contribution in [0.2, 0.25) is 0 Å². The topological polar surface area (TPSA) is 127 Å². The molecule has 36 heavy (non-hydrogen) atoms. The highest BCUT2D eigenvalue weighted by atomic mass is 32.2. The van der Waals surface area contributed by atoms with Crippen LogP contribution in [0, 0.1) is 0 Å². The van der Waals surface area contributed by atoms with Gasteiger partial charge in [0.05, 0.1) is 17.8 Å². The lowest BCUT2D eigenvalue weighted by atomic mass is 10.1. The van der Waals surface area contributed by atoms with E-state index in [-0.39, 0.29) is 39.8 Å². The van der Waals surface area contributed by atoms with E-state index >= 15 is 0 Å². The molecule has 0 amide bonds. The van der Waals surface area contributed by atoms with Crippen molar-refractivity contribution in [3.8, 4) is 17.1 Å². The largest absolute Gasteiger partial charge is 0.473 e. The van der Waals surface area contributed by atoms with Crippen molar-refractivity contribution < 1.29 is 17.9 Å². The van der Waals surface area contributed by atoms with Gasteiger partial charge in [-0.3, -0.25) is 4.98 Å². The fourth-order valence-corrected chi connectivity index (χ4v) is 5.00. The number of pyridine rings is 1. The van der Waals surface area contributed by atoms with Crippen molar-refractivity contribution in [1.29, 1.82) is 0 Å². The molecule has 2 saturated heterocycles. The lowest BCUT2D eigenvalue weighted by Gasteiger charge is -2.34. The van der Waals surface area contributed by atoms with Gasteiger partial charge < -0.3 is 19.3 Å². The minimum absolute atomic E-state index is 0. The van der Waals surface area contributed by atoms with Gasteiger partial charge in [-0.25, -0.2) is 15.1 Å². The lowest BCUT2D eigenvalue weighted by Crippen LogP contribution is -2.49. The van der Waals surface area contributed by atoms with Gasteiger partial charge in [0.15, 0.2) is 5.52 Å². The molecule has 0 radical (unpaired) electrons. The Morgan fingerprint density at radius 1 is 1.08 bits per heavy atom. The summed E-state index contributed by atoms with van der Waals surface area (Å²) in [5, 5.41) is 5.27. The SMILES string of the molecule is CN1CCN(c2ccc(-c3cc4nccnc4c(OC[C@@H]4CN(S(N)(=O)=O)CCO4)n3)cc2)CC1.S. The number of nitrogens with zero attached hydrogens (tertiary/aromatic N) is 6. The molecule has 3 aromatic rings. The molecule has 0 spiro atoms. The third-order valence-electron chi connectivity index (χ3n) is 6.32. The fraction of sp³-hybridized carbons (Fsp3) is 0.435. The summed E-state index contributed by atoms with van der Waals surface area (Å²) >= 11 is 0. The van der Waals surface area contributed by atoms with Crippen molar-refractivity contribution in [2.45, 2.75) is 6.10 Å². The maximum atomic E-state index is 11.7. The summed E-state index contributed by atoms with van der Waals surface area (Å²) in [5.41, 5.74) is 4.03. The first-order chi connectivity index (χ1) is 16.9. The first-order valence-corrected chi connectivity index (χ1v) is 13.0. The van der Waals surface area contributed by atoms with E-state index in [2.05, 4.69) is 51.1 Å². The minimum Gasteiger partial charge on any atom is -0.473 e. The van der Waals surface area contributed by atoms with E-state index in [1.807, 2.05) is 6.07 Å². The van der Waals surface area contributed by atoms with Crippen LogP contribution in [0.15, 0.2) is 42.7 Å². The van der Waals surface area contributed by atoms with Crippen LogP contribution in [-0.2, 0) is 14.9 Å². The number of hydrogen-bond donors (Lipinski definition) is 1. The summed E-state index contributed by atoms with van der Waals surface area (Å²) in [4.78, 5) is 18.3. The number of benzene rings is 1. The highest BCUT2D eigenvalue weighted by Gasteiger charge is 2.28. The van der Waals surface area contributed by atoms with Gasteiger partial charge in [-0.05, 0) is 25.2 Å². The number of aromatic nitrogens is 3. The van der Waals surface area contributed by atoms with E-state index in [0.717, 1.165) is 31.7 Å².